The largest absolute Gasteiger partial charge is 0.370 e. The zero-order chi connectivity index (χ0) is 12.3. The van der Waals surface area contributed by atoms with Crippen LogP contribution in [0, 0.1) is 11.6 Å². The van der Waals surface area contributed by atoms with Crippen molar-refractivity contribution in [2.24, 2.45) is 0 Å². The predicted molar refractivity (Wildman–Crippen MR) is 65.3 cm³/mol. The van der Waals surface area contributed by atoms with Crippen LogP contribution in [-0.2, 0) is 0 Å². The molecular formula is C13H18F2N2. The summed E-state index contributed by atoms with van der Waals surface area (Å²) in [6.07, 6.45) is 2.07. The third-order valence-electron chi connectivity index (χ3n) is 3.24. The Morgan fingerprint density at radius 1 is 1.35 bits per heavy atom. The van der Waals surface area contributed by atoms with E-state index < -0.39 is 11.6 Å². The van der Waals surface area contributed by atoms with E-state index in [2.05, 4.69) is 17.1 Å². The Bertz CT molecular complexity index is 382. The Morgan fingerprint density at radius 3 is 2.88 bits per heavy atom. The highest BCUT2D eigenvalue weighted by atomic mass is 19.2. The molecule has 1 N–H and O–H groups in total. The van der Waals surface area contributed by atoms with Gasteiger partial charge >= 0.3 is 0 Å². The smallest absolute Gasteiger partial charge is 0.160 e. The SMILES string of the molecule is CCC1CN(c2ccc(F)c(F)c2)CCCN1. The van der Waals surface area contributed by atoms with Gasteiger partial charge < -0.3 is 10.2 Å². The van der Waals surface area contributed by atoms with Crippen molar-refractivity contribution in [1.29, 1.82) is 0 Å². The second-order valence-corrected chi connectivity index (χ2v) is 4.46. The van der Waals surface area contributed by atoms with Gasteiger partial charge in [0.05, 0.1) is 0 Å². The maximum absolute atomic E-state index is 13.2. The minimum Gasteiger partial charge on any atom is -0.370 e. The molecule has 4 heteroatoms. The first-order valence-corrected chi connectivity index (χ1v) is 6.14. The maximum Gasteiger partial charge on any atom is 0.160 e. The van der Waals surface area contributed by atoms with Crippen molar-refractivity contribution < 1.29 is 8.78 Å². The number of halogens is 2. The van der Waals surface area contributed by atoms with Crippen molar-refractivity contribution in [2.45, 2.75) is 25.8 Å². The lowest BCUT2D eigenvalue weighted by Gasteiger charge is -2.26. The number of anilines is 1. The Kier molecular flexibility index (Phi) is 3.94. The topological polar surface area (TPSA) is 15.3 Å². The third kappa shape index (κ3) is 2.94. The molecule has 1 fully saturated rings. The molecule has 17 heavy (non-hydrogen) atoms. The molecule has 0 spiro atoms. The fourth-order valence-electron chi connectivity index (χ4n) is 2.19. The van der Waals surface area contributed by atoms with Crippen LogP contribution >= 0.6 is 0 Å². The zero-order valence-corrected chi connectivity index (χ0v) is 10.0. The molecule has 1 atom stereocenters. The summed E-state index contributed by atoms with van der Waals surface area (Å²) in [7, 11) is 0. The highest BCUT2D eigenvalue weighted by Crippen LogP contribution is 2.19. The molecule has 0 aromatic heterocycles. The van der Waals surface area contributed by atoms with Crippen LogP contribution in [0.5, 0.6) is 0 Å². The number of hydrogen-bond acceptors (Lipinski definition) is 2. The molecule has 2 rings (SSSR count). The molecule has 1 aliphatic rings. The van der Waals surface area contributed by atoms with E-state index in [1.807, 2.05) is 0 Å². The van der Waals surface area contributed by atoms with E-state index in [9.17, 15) is 8.78 Å². The van der Waals surface area contributed by atoms with Crippen molar-refractivity contribution in [3.8, 4) is 0 Å². The van der Waals surface area contributed by atoms with Gasteiger partial charge in [0, 0.05) is 30.9 Å². The average molecular weight is 240 g/mol. The van der Waals surface area contributed by atoms with Gasteiger partial charge in [0.25, 0.3) is 0 Å². The summed E-state index contributed by atoms with van der Waals surface area (Å²) < 4.78 is 26.1. The summed E-state index contributed by atoms with van der Waals surface area (Å²) >= 11 is 0. The first-order chi connectivity index (χ1) is 8.20. The summed E-state index contributed by atoms with van der Waals surface area (Å²) in [6.45, 7) is 4.85. The monoisotopic (exact) mass is 240 g/mol. The van der Waals surface area contributed by atoms with E-state index in [-0.39, 0.29) is 0 Å². The Morgan fingerprint density at radius 2 is 2.18 bits per heavy atom. The van der Waals surface area contributed by atoms with Gasteiger partial charge in [0.2, 0.25) is 0 Å². The molecule has 94 valence electrons. The van der Waals surface area contributed by atoms with Crippen molar-refractivity contribution in [2.75, 3.05) is 24.5 Å². The molecule has 0 bridgehead atoms. The molecule has 1 unspecified atom stereocenters. The maximum atomic E-state index is 13.2. The fraction of sp³-hybridized carbons (Fsp3) is 0.538. The van der Waals surface area contributed by atoms with Crippen LogP contribution in [0.25, 0.3) is 0 Å². The van der Waals surface area contributed by atoms with Crippen LogP contribution in [0.1, 0.15) is 19.8 Å². The summed E-state index contributed by atoms with van der Waals surface area (Å²) in [6, 6.07) is 4.55. The molecule has 1 saturated heterocycles. The first-order valence-electron chi connectivity index (χ1n) is 6.14. The Hall–Kier alpha value is -1.16. The van der Waals surface area contributed by atoms with Gasteiger partial charge in [-0.15, -0.1) is 0 Å². The Labute approximate surface area is 101 Å². The van der Waals surface area contributed by atoms with E-state index in [1.54, 1.807) is 6.07 Å². The lowest BCUT2D eigenvalue weighted by molar-refractivity contribution is 0.506. The number of nitrogens with zero attached hydrogens (tertiary/aromatic N) is 1. The van der Waals surface area contributed by atoms with E-state index in [1.165, 1.54) is 12.1 Å². The zero-order valence-electron chi connectivity index (χ0n) is 10.0. The highest BCUT2D eigenvalue weighted by molar-refractivity contribution is 5.47. The van der Waals surface area contributed by atoms with Gasteiger partial charge in [-0.1, -0.05) is 6.92 Å². The van der Waals surface area contributed by atoms with E-state index in [0.717, 1.165) is 38.2 Å². The van der Waals surface area contributed by atoms with Gasteiger partial charge in [-0.2, -0.15) is 0 Å². The molecule has 1 heterocycles. The van der Waals surface area contributed by atoms with Crippen LogP contribution in [-0.4, -0.2) is 25.7 Å². The summed E-state index contributed by atoms with van der Waals surface area (Å²) in [5.41, 5.74) is 0.769. The summed E-state index contributed by atoms with van der Waals surface area (Å²) in [5, 5.41) is 3.45. The second kappa shape index (κ2) is 5.45. The van der Waals surface area contributed by atoms with Crippen LogP contribution in [0.4, 0.5) is 14.5 Å². The number of rotatable bonds is 2. The van der Waals surface area contributed by atoms with Crippen LogP contribution < -0.4 is 10.2 Å². The molecule has 0 radical (unpaired) electrons. The first kappa shape index (κ1) is 12.3. The number of nitrogens with one attached hydrogen (secondary N) is 1. The second-order valence-electron chi connectivity index (χ2n) is 4.46. The molecule has 1 aromatic carbocycles. The van der Waals surface area contributed by atoms with Gasteiger partial charge in [-0.3, -0.25) is 0 Å². The minimum absolute atomic E-state index is 0.422. The molecule has 0 amide bonds. The van der Waals surface area contributed by atoms with Crippen molar-refractivity contribution >= 4 is 5.69 Å². The normalized spacial score (nSPS) is 21.4. The van der Waals surface area contributed by atoms with Crippen molar-refractivity contribution in [3.05, 3.63) is 29.8 Å². The molecule has 1 aliphatic heterocycles. The predicted octanol–water partition coefficient (Wildman–Crippen LogP) is 2.54. The number of hydrogen-bond donors (Lipinski definition) is 1. The molecule has 2 nitrogen and oxygen atoms in total. The third-order valence-corrected chi connectivity index (χ3v) is 3.24. The van der Waals surface area contributed by atoms with E-state index >= 15 is 0 Å². The van der Waals surface area contributed by atoms with Gasteiger partial charge in [0.1, 0.15) is 0 Å². The van der Waals surface area contributed by atoms with Crippen LogP contribution in [0.2, 0.25) is 0 Å². The molecule has 0 saturated carbocycles. The lowest BCUT2D eigenvalue weighted by Crippen LogP contribution is -2.37. The highest BCUT2D eigenvalue weighted by Gasteiger charge is 2.17. The standard InChI is InChI=1S/C13H18F2N2/c1-2-10-9-17(7-3-6-16-10)11-4-5-12(14)13(15)8-11/h4-5,8,10,16H,2-3,6-7,9H2,1H3. The molecule has 0 aliphatic carbocycles. The summed E-state index contributed by atoms with van der Waals surface area (Å²) in [4.78, 5) is 2.12. The lowest BCUT2D eigenvalue weighted by atomic mass is 10.2. The Balaban J connectivity index is 2.16. The molecule has 1 aromatic rings. The van der Waals surface area contributed by atoms with E-state index in [4.69, 9.17) is 0 Å². The number of benzene rings is 1. The van der Waals surface area contributed by atoms with Crippen LogP contribution in [0.15, 0.2) is 18.2 Å². The minimum atomic E-state index is -0.784. The fourth-order valence-corrected chi connectivity index (χ4v) is 2.19. The quantitative estimate of drug-likeness (QED) is 0.854. The van der Waals surface area contributed by atoms with Crippen molar-refractivity contribution in [1.82, 2.24) is 5.32 Å². The van der Waals surface area contributed by atoms with Gasteiger partial charge in [-0.25, -0.2) is 8.78 Å². The van der Waals surface area contributed by atoms with Crippen molar-refractivity contribution in [3.63, 3.8) is 0 Å². The van der Waals surface area contributed by atoms with Gasteiger partial charge in [0.15, 0.2) is 11.6 Å². The van der Waals surface area contributed by atoms with Gasteiger partial charge in [-0.05, 0) is 31.5 Å². The molecular weight excluding hydrogens is 222 g/mol. The summed E-state index contributed by atoms with van der Waals surface area (Å²) in [5.74, 6) is -1.55. The van der Waals surface area contributed by atoms with Crippen LogP contribution in [0.3, 0.4) is 0 Å². The van der Waals surface area contributed by atoms with E-state index in [0.29, 0.717) is 6.04 Å². The average Bonchev–Trinajstić information content (AvgIpc) is 2.58.